The number of rotatable bonds is 4. The molecule has 1 amide bonds. The lowest BCUT2D eigenvalue weighted by Gasteiger charge is -2.34. The number of hydrogen-bond acceptors (Lipinski definition) is 5. The molecule has 1 aliphatic heterocycles. The van der Waals surface area contributed by atoms with Crippen LogP contribution < -0.4 is 11.1 Å². The molecule has 2 heterocycles. The molecule has 2 unspecified atom stereocenters. The number of nitrogens with zero attached hydrogens (tertiary/aromatic N) is 2. The lowest BCUT2D eigenvalue weighted by Crippen LogP contribution is -2.41. The van der Waals surface area contributed by atoms with E-state index in [2.05, 4.69) is 22.1 Å². The van der Waals surface area contributed by atoms with Crippen LogP contribution >= 0.6 is 11.3 Å². The van der Waals surface area contributed by atoms with Crippen LogP contribution in [-0.4, -0.2) is 34.9 Å². The first-order valence-electron chi connectivity index (χ1n) is 6.74. The zero-order valence-electron chi connectivity index (χ0n) is 11.6. The molecule has 1 saturated heterocycles. The van der Waals surface area contributed by atoms with Gasteiger partial charge >= 0.3 is 0 Å². The molecule has 2 rings (SSSR count). The fourth-order valence-electron chi connectivity index (χ4n) is 2.48. The van der Waals surface area contributed by atoms with Crippen LogP contribution in [0.25, 0.3) is 0 Å². The highest BCUT2D eigenvalue weighted by Crippen LogP contribution is 2.22. The molecule has 0 spiro atoms. The van der Waals surface area contributed by atoms with Gasteiger partial charge in [0.1, 0.15) is 0 Å². The summed E-state index contributed by atoms with van der Waals surface area (Å²) in [7, 11) is 0. The molecule has 1 aromatic rings. The average Bonchev–Trinajstić information content (AvgIpc) is 2.76. The van der Waals surface area contributed by atoms with Gasteiger partial charge in [0.25, 0.3) is 0 Å². The Balaban J connectivity index is 1.89. The molecule has 1 fully saturated rings. The standard InChI is InChI=1S/C13H22N4OS/c1-9(14)11-4-3-5-17(6-11)7-12-8-19-13(16-12)15-10(2)18/h8-9,11H,3-7,14H2,1-2H3,(H,15,16,18). The predicted molar refractivity (Wildman–Crippen MR) is 78.1 cm³/mol. The summed E-state index contributed by atoms with van der Waals surface area (Å²) in [6, 6.07) is 0.258. The summed E-state index contributed by atoms with van der Waals surface area (Å²) in [5, 5.41) is 5.42. The van der Waals surface area contributed by atoms with Gasteiger partial charge in [-0.25, -0.2) is 4.98 Å². The Morgan fingerprint density at radius 3 is 3.21 bits per heavy atom. The summed E-state index contributed by atoms with van der Waals surface area (Å²) in [6.45, 7) is 6.59. The van der Waals surface area contributed by atoms with Crippen molar-refractivity contribution in [2.45, 2.75) is 39.3 Å². The van der Waals surface area contributed by atoms with Crippen molar-refractivity contribution in [1.29, 1.82) is 0 Å². The Morgan fingerprint density at radius 2 is 2.53 bits per heavy atom. The van der Waals surface area contributed by atoms with Crippen LogP contribution in [0.5, 0.6) is 0 Å². The van der Waals surface area contributed by atoms with Gasteiger partial charge in [0, 0.05) is 31.4 Å². The van der Waals surface area contributed by atoms with Crippen molar-refractivity contribution in [3.63, 3.8) is 0 Å². The van der Waals surface area contributed by atoms with E-state index in [4.69, 9.17) is 5.73 Å². The number of nitrogens with two attached hydrogens (primary N) is 1. The molecule has 3 N–H and O–H groups in total. The Hall–Kier alpha value is -0.980. The zero-order chi connectivity index (χ0) is 13.8. The number of hydrogen-bond donors (Lipinski definition) is 2. The molecular formula is C13H22N4OS. The van der Waals surface area contributed by atoms with E-state index in [1.54, 1.807) is 0 Å². The Morgan fingerprint density at radius 1 is 1.74 bits per heavy atom. The van der Waals surface area contributed by atoms with Crippen molar-refractivity contribution in [3.05, 3.63) is 11.1 Å². The van der Waals surface area contributed by atoms with Crippen LogP contribution in [0.4, 0.5) is 5.13 Å². The Bertz CT molecular complexity index is 432. The molecule has 6 heteroatoms. The van der Waals surface area contributed by atoms with Crippen LogP contribution in [0.1, 0.15) is 32.4 Å². The molecule has 0 aliphatic carbocycles. The summed E-state index contributed by atoms with van der Waals surface area (Å²) >= 11 is 1.48. The fraction of sp³-hybridized carbons (Fsp3) is 0.692. The molecular weight excluding hydrogens is 260 g/mol. The third-order valence-corrected chi connectivity index (χ3v) is 4.31. The second kappa shape index (κ2) is 6.45. The minimum atomic E-state index is -0.0732. The topological polar surface area (TPSA) is 71.2 Å². The first kappa shape index (κ1) is 14.4. The Kier molecular flexibility index (Phi) is 4.90. The number of likely N-dealkylation sites (tertiary alicyclic amines) is 1. The largest absolute Gasteiger partial charge is 0.328 e. The summed E-state index contributed by atoms with van der Waals surface area (Å²) in [6.07, 6.45) is 2.43. The van der Waals surface area contributed by atoms with Crippen LogP contribution in [-0.2, 0) is 11.3 Å². The summed E-state index contributed by atoms with van der Waals surface area (Å²) in [5.74, 6) is 0.512. The van der Waals surface area contributed by atoms with E-state index >= 15 is 0 Å². The maximum Gasteiger partial charge on any atom is 0.223 e. The van der Waals surface area contributed by atoms with Crippen molar-refractivity contribution in [3.8, 4) is 0 Å². The lowest BCUT2D eigenvalue weighted by molar-refractivity contribution is -0.114. The predicted octanol–water partition coefficient (Wildman–Crippen LogP) is 1.66. The highest BCUT2D eigenvalue weighted by atomic mass is 32.1. The average molecular weight is 282 g/mol. The van der Waals surface area contributed by atoms with E-state index < -0.39 is 0 Å². The summed E-state index contributed by atoms with van der Waals surface area (Å²) in [5.41, 5.74) is 7.02. The normalized spacial score (nSPS) is 22.2. The SMILES string of the molecule is CC(=O)Nc1nc(CN2CCCC(C(C)N)C2)cs1. The molecule has 0 aromatic carbocycles. The minimum absolute atomic E-state index is 0.0732. The van der Waals surface area contributed by atoms with Gasteiger partial charge in [-0.1, -0.05) is 0 Å². The number of thiazole rings is 1. The van der Waals surface area contributed by atoms with Crippen LogP contribution in [0.3, 0.4) is 0 Å². The van der Waals surface area contributed by atoms with E-state index in [1.807, 2.05) is 5.38 Å². The van der Waals surface area contributed by atoms with Crippen molar-refractivity contribution in [2.24, 2.45) is 11.7 Å². The number of nitrogens with one attached hydrogen (secondary N) is 1. The number of carbonyl (C=O) groups excluding carboxylic acids is 1. The first-order chi connectivity index (χ1) is 9.04. The second-order valence-electron chi connectivity index (χ2n) is 5.32. The number of aromatic nitrogens is 1. The van der Waals surface area contributed by atoms with Gasteiger partial charge in [0.15, 0.2) is 5.13 Å². The van der Waals surface area contributed by atoms with Crippen molar-refractivity contribution >= 4 is 22.4 Å². The van der Waals surface area contributed by atoms with E-state index in [0.717, 1.165) is 25.3 Å². The van der Waals surface area contributed by atoms with Crippen molar-refractivity contribution < 1.29 is 4.79 Å². The van der Waals surface area contributed by atoms with Gasteiger partial charge in [-0.15, -0.1) is 11.3 Å². The number of carbonyl (C=O) groups is 1. The van der Waals surface area contributed by atoms with Crippen molar-refractivity contribution in [1.82, 2.24) is 9.88 Å². The zero-order valence-corrected chi connectivity index (χ0v) is 12.4. The lowest BCUT2D eigenvalue weighted by atomic mass is 9.92. The maximum atomic E-state index is 11.0. The number of amides is 1. The minimum Gasteiger partial charge on any atom is -0.328 e. The molecule has 0 saturated carbocycles. The van der Waals surface area contributed by atoms with E-state index in [1.165, 1.54) is 31.1 Å². The van der Waals surface area contributed by atoms with Crippen molar-refractivity contribution in [2.75, 3.05) is 18.4 Å². The highest BCUT2D eigenvalue weighted by molar-refractivity contribution is 7.13. The molecule has 5 nitrogen and oxygen atoms in total. The van der Waals surface area contributed by atoms with Gasteiger partial charge < -0.3 is 11.1 Å². The quantitative estimate of drug-likeness (QED) is 0.881. The Labute approximate surface area is 118 Å². The molecule has 1 aliphatic rings. The van der Waals surface area contributed by atoms with E-state index in [9.17, 15) is 4.79 Å². The molecule has 0 bridgehead atoms. The smallest absolute Gasteiger partial charge is 0.223 e. The molecule has 19 heavy (non-hydrogen) atoms. The molecule has 2 atom stereocenters. The number of piperidine rings is 1. The second-order valence-corrected chi connectivity index (χ2v) is 6.18. The molecule has 106 valence electrons. The number of anilines is 1. The van der Waals surface area contributed by atoms with Gasteiger partial charge in [-0.3, -0.25) is 9.69 Å². The summed E-state index contributed by atoms with van der Waals surface area (Å²) < 4.78 is 0. The highest BCUT2D eigenvalue weighted by Gasteiger charge is 2.23. The third-order valence-electron chi connectivity index (χ3n) is 3.51. The maximum absolute atomic E-state index is 11.0. The molecule has 1 aromatic heterocycles. The fourth-order valence-corrected chi connectivity index (χ4v) is 3.23. The van der Waals surface area contributed by atoms with Gasteiger partial charge in [-0.05, 0) is 32.2 Å². The first-order valence-corrected chi connectivity index (χ1v) is 7.62. The van der Waals surface area contributed by atoms with Crippen LogP contribution in [0, 0.1) is 5.92 Å². The van der Waals surface area contributed by atoms with Gasteiger partial charge in [-0.2, -0.15) is 0 Å². The van der Waals surface area contributed by atoms with Gasteiger partial charge in [0.05, 0.1) is 5.69 Å². The molecule has 0 radical (unpaired) electrons. The summed E-state index contributed by atoms with van der Waals surface area (Å²) in [4.78, 5) is 17.8. The van der Waals surface area contributed by atoms with Crippen LogP contribution in [0.15, 0.2) is 5.38 Å². The monoisotopic (exact) mass is 282 g/mol. The van der Waals surface area contributed by atoms with Gasteiger partial charge in [0.2, 0.25) is 5.91 Å². The van der Waals surface area contributed by atoms with Crippen LogP contribution in [0.2, 0.25) is 0 Å². The third kappa shape index (κ3) is 4.26. The van der Waals surface area contributed by atoms with E-state index in [-0.39, 0.29) is 11.9 Å². The van der Waals surface area contributed by atoms with E-state index in [0.29, 0.717) is 11.0 Å².